The van der Waals surface area contributed by atoms with Crippen molar-refractivity contribution in [2.24, 2.45) is 0 Å². The van der Waals surface area contributed by atoms with E-state index >= 15 is 0 Å². The van der Waals surface area contributed by atoms with Crippen LogP contribution in [0.15, 0.2) is 46.1 Å². The Morgan fingerprint density at radius 3 is 2.48 bits per heavy atom. The Morgan fingerprint density at radius 1 is 0.968 bits per heavy atom. The molecular formula is C21H16N2O6S2. The molecule has 1 amide bonds. The maximum Gasteiger partial charge on any atom is 0.231 e. The lowest BCUT2D eigenvalue weighted by Crippen LogP contribution is -2.14. The molecule has 0 fully saturated rings. The number of aromatic nitrogens is 1. The van der Waals surface area contributed by atoms with Crippen molar-refractivity contribution in [2.75, 3.05) is 24.7 Å². The minimum absolute atomic E-state index is 0.0272. The van der Waals surface area contributed by atoms with E-state index in [9.17, 15) is 9.59 Å². The van der Waals surface area contributed by atoms with Crippen LogP contribution < -0.4 is 24.3 Å². The van der Waals surface area contributed by atoms with Gasteiger partial charge in [0.25, 0.3) is 0 Å². The predicted octanol–water partition coefficient (Wildman–Crippen LogP) is 3.76. The lowest BCUT2D eigenvalue weighted by molar-refractivity contribution is -0.115. The molecule has 0 saturated heterocycles. The highest BCUT2D eigenvalue weighted by atomic mass is 32.2. The molecule has 31 heavy (non-hydrogen) atoms. The average Bonchev–Trinajstić information content (AvgIpc) is 3.51. The number of carbonyl (C=O) groups excluding carboxylic acids is 2. The lowest BCUT2D eigenvalue weighted by atomic mass is 10.1. The van der Waals surface area contributed by atoms with E-state index in [1.54, 1.807) is 36.4 Å². The molecule has 3 heterocycles. The van der Waals surface area contributed by atoms with Gasteiger partial charge in [-0.3, -0.25) is 9.59 Å². The molecule has 1 N–H and O–H groups in total. The third-order valence-corrected chi connectivity index (χ3v) is 6.62. The van der Waals surface area contributed by atoms with Crippen LogP contribution in [0.2, 0.25) is 0 Å². The van der Waals surface area contributed by atoms with Gasteiger partial charge in [-0.05, 0) is 30.3 Å². The fraction of sp³-hybridized carbons (Fsp3) is 0.190. The number of ketones is 1. The fourth-order valence-corrected chi connectivity index (χ4v) is 4.80. The SMILES string of the molecule is O=C(Cc1csc(SCC(=O)c2ccc3c(c2)OCO3)n1)Nc1ccc2c(c1)OCO2. The van der Waals surface area contributed by atoms with Crippen molar-refractivity contribution in [3.8, 4) is 23.0 Å². The number of thiazole rings is 1. The third-order valence-electron chi connectivity index (χ3n) is 4.55. The molecule has 158 valence electrons. The van der Waals surface area contributed by atoms with Crippen LogP contribution in [0.5, 0.6) is 23.0 Å². The van der Waals surface area contributed by atoms with Crippen LogP contribution in [-0.4, -0.2) is 36.0 Å². The van der Waals surface area contributed by atoms with Crippen molar-refractivity contribution in [3.63, 3.8) is 0 Å². The van der Waals surface area contributed by atoms with Gasteiger partial charge >= 0.3 is 0 Å². The number of amides is 1. The normalized spacial score (nSPS) is 13.3. The second-order valence-corrected chi connectivity index (χ2v) is 8.76. The summed E-state index contributed by atoms with van der Waals surface area (Å²) in [7, 11) is 0. The van der Waals surface area contributed by atoms with E-state index in [0.717, 1.165) is 4.34 Å². The van der Waals surface area contributed by atoms with E-state index in [2.05, 4.69) is 10.3 Å². The van der Waals surface area contributed by atoms with Gasteiger partial charge in [0.2, 0.25) is 19.5 Å². The average molecular weight is 457 g/mol. The largest absolute Gasteiger partial charge is 0.454 e. The summed E-state index contributed by atoms with van der Waals surface area (Å²) in [5.74, 6) is 2.54. The number of rotatable bonds is 7. The quantitative estimate of drug-likeness (QED) is 0.424. The van der Waals surface area contributed by atoms with Gasteiger partial charge in [-0.15, -0.1) is 11.3 Å². The summed E-state index contributed by atoms with van der Waals surface area (Å²) in [6, 6.07) is 10.4. The maximum absolute atomic E-state index is 12.5. The van der Waals surface area contributed by atoms with E-state index in [1.807, 2.05) is 5.38 Å². The highest BCUT2D eigenvalue weighted by Gasteiger charge is 2.18. The van der Waals surface area contributed by atoms with Gasteiger partial charge in [0.15, 0.2) is 33.1 Å². The van der Waals surface area contributed by atoms with Crippen molar-refractivity contribution < 1.29 is 28.5 Å². The number of Topliss-reactive ketones (excluding diaryl/α,β-unsaturated/α-hetero) is 1. The van der Waals surface area contributed by atoms with Crippen molar-refractivity contribution in [1.29, 1.82) is 0 Å². The highest BCUT2D eigenvalue weighted by Crippen LogP contribution is 2.35. The van der Waals surface area contributed by atoms with Crippen LogP contribution in [-0.2, 0) is 11.2 Å². The zero-order valence-corrected chi connectivity index (χ0v) is 17.7. The number of nitrogens with zero attached hydrogens (tertiary/aromatic N) is 1. The topological polar surface area (TPSA) is 96.0 Å². The molecule has 2 aliphatic heterocycles. The van der Waals surface area contributed by atoms with Crippen molar-refractivity contribution in [2.45, 2.75) is 10.8 Å². The van der Waals surface area contributed by atoms with Crippen LogP contribution in [0.4, 0.5) is 5.69 Å². The minimum Gasteiger partial charge on any atom is -0.454 e. The number of thioether (sulfide) groups is 1. The Kier molecular flexibility index (Phi) is 5.39. The van der Waals surface area contributed by atoms with Gasteiger partial charge < -0.3 is 24.3 Å². The fourth-order valence-electron chi connectivity index (χ4n) is 3.06. The van der Waals surface area contributed by atoms with E-state index in [4.69, 9.17) is 18.9 Å². The van der Waals surface area contributed by atoms with Crippen LogP contribution in [0.25, 0.3) is 0 Å². The molecular weight excluding hydrogens is 440 g/mol. The first-order valence-corrected chi connectivity index (χ1v) is 11.2. The third kappa shape index (κ3) is 4.44. The number of fused-ring (bicyclic) bond motifs is 2. The summed E-state index contributed by atoms with van der Waals surface area (Å²) in [6.07, 6.45) is 0.140. The van der Waals surface area contributed by atoms with E-state index in [0.29, 0.717) is 39.9 Å². The van der Waals surface area contributed by atoms with Crippen LogP contribution >= 0.6 is 23.1 Å². The number of anilines is 1. The smallest absolute Gasteiger partial charge is 0.231 e. The van der Waals surface area contributed by atoms with Gasteiger partial charge in [0.05, 0.1) is 17.9 Å². The van der Waals surface area contributed by atoms with E-state index in [1.165, 1.54) is 23.1 Å². The molecule has 0 atom stereocenters. The van der Waals surface area contributed by atoms with Gasteiger partial charge in [0.1, 0.15) is 0 Å². The maximum atomic E-state index is 12.5. The molecule has 0 saturated carbocycles. The van der Waals surface area contributed by atoms with Crippen LogP contribution in [0.3, 0.4) is 0 Å². The summed E-state index contributed by atoms with van der Waals surface area (Å²) in [6.45, 7) is 0.356. The first-order valence-electron chi connectivity index (χ1n) is 9.33. The molecule has 8 nitrogen and oxygen atoms in total. The number of hydrogen-bond donors (Lipinski definition) is 1. The molecule has 10 heteroatoms. The molecule has 2 aromatic carbocycles. The first-order chi connectivity index (χ1) is 15.1. The second kappa shape index (κ2) is 8.48. The Balaban J connectivity index is 1.14. The van der Waals surface area contributed by atoms with Gasteiger partial charge in [-0.25, -0.2) is 4.98 Å². The van der Waals surface area contributed by atoms with Crippen LogP contribution in [0.1, 0.15) is 16.1 Å². The molecule has 0 radical (unpaired) electrons. The summed E-state index contributed by atoms with van der Waals surface area (Å²) in [4.78, 5) is 29.2. The molecule has 0 unspecified atom stereocenters. The predicted molar refractivity (Wildman–Crippen MR) is 115 cm³/mol. The minimum atomic E-state index is -0.183. The van der Waals surface area contributed by atoms with E-state index in [-0.39, 0.29) is 37.4 Å². The number of benzene rings is 2. The number of carbonyl (C=O) groups is 2. The van der Waals surface area contributed by atoms with Gasteiger partial charge in [0, 0.05) is 22.7 Å². The summed E-state index contributed by atoms with van der Waals surface area (Å²) >= 11 is 2.76. The van der Waals surface area contributed by atoms with Crippen LogP contribution in [0, 0.1) is 0 Å². The lowest BCUT2D eigenvalue weighted by Gasteiger charge is -2.05. The molecule has 1 aromatic heterocycles. The molecule has 3 aromatic rings. The molecule has 0 bridgehead atoms. The van der Waals surface area contributed by atoms with Crippen molar-refractivity contribution >= 4 is 40.5 Å². The summed E-state index contributed by atoms with van der Waals surface area (Å²) in [5, 5.41) is 4.65. The van der Waals surface area contributed by atoms with Crippen molar-refractivity contribution in [1.82, 2.24) is 4.98 Å². The molecule has 0 aliphatic carbocycles. The number of nitrogens with one attached hydrogen (secondary N) is 1. The number of hydrogen-bond acceptors (Lipinski definition) is 9. The highest BCUT2D eigenvalue weighted by molar-refractivity contribution is 8.01. The zero-order valence-electron chi connectivity index (χ0n) is 16.1. The molecule has 5 rings (SSSR count). The monoisotopic (exact) mass is 456 g/mol. The number of ether oxygens (including phenoxy) is 4. The van der Waals surface area contributed by atoms with Gasteiger partial charge in [-0.2, -0.15) is 0 Å². The second-order valence-electron chi connectivity index (χ2n) is 6.68. The Hall–Kier alpha value is -3.24. The van der Waals surface area contributed by atoms with Crippen molar-refractivity contribution in [3.05, 3.63) is 53.0 Å². The summed E-state index contributed by atoms with van der Waals surface area (Å²) < 4.78 is 21.9. The first kappa shape index (κ1) is 19.7. The molecule has 0 spiro atoms. The standard InChI is InChI=1S/C21H16N2O6S2/c24-15(12-1-3-16-18(5-12)28-10-26-16)9-31-21-23-14(8-30-21)7-20(25)22-13-2-4-17-19(6-13)29-11-27-17/h1-6,8H,7,9-11H2,(H,22,25). The molecule has 2 aliphatic rings. The summed E-state index contributed by atoms with van der Waals surface area (Å²) in [5.41, 5.74) is 1.85. The Bertz CT molecular complexity index is 1160. The zero-order chi connectivity index (χ0) is 21.2. The Morgan fingerprint density at radius 2 is 1.68 bits per heavy atom. The Labute approximate surface area is 185 Å². The van der Waals surface area contributed by atoms with E-state index < -0.39 is 0 Å². The van der Waals surface area contributed by atoms with Gasteiger partial charge in [-0.1, -0.05) is 11.8 Å².